The Labute approximate surface area is 119 Å². The van der Waals surface area contributed by atoms with Gasteiger partial charge in [-0.15, -0.1) is 11.3 Å². The van der Waals surface area contributed by atoms with Crippen LogP contribution in [0.15, 0.2) is 11.6 Å². The topological polar surface area (TPSA) is 134 Å². The number of nitrogens with two attached hydrogens (primary N) is 1. The lowest BCUT2D eigenvalue weighted by atomic mass is 10.1. The predicted octanol–water partition coefficient (Wildman–Crippen LogP) is 0.222. The van der Waals surface area contributed by atoms with E-state index in [9.17, 15) is 14.4 Å². The summed E-state index contributed by atoms with van der Waals surface area (Å²) in [6.07, 6.45) is 1.45. The molecule has 110 valence electrons. The quantitative estimate of drug-likeness (QED) is 0.571. The molecule has 0 aromatic carbocycles. The lowest BCUT2D eigenvalue weighted by Crippen LogP contribution is -2.46. The minimum atomic E-state index is -1.22. The largest absolute Gasteiger partial charge is 0.480 e. The molecule has 0 radical (unpaired) electrons. The van der Waals surface area contributed by atoms with Crippen LogP contribution in [0, 0.1) is 0 Å². The number of amides is 3. The Morgan fingerprint density at radius 3 is 2.65 bits per heavy atom. The van der Waals surface area contributed by atoms with Gasteiger partial charge in [-0.1, -0.05) is 0 Å². The van der Waals surface area contributed by atoms with Crippen LogP contribution in [0.5, 0.6) is 0 Å². The van der Waals surface area contributed by atoms with Gasteiger partial charge in [-0.3, -0.25) is 4.79 Å². The normalized spacial score (nSPS) is 13.2. The molecule has 0 aliphatic rings. The fourth-order valence-electron chi connectivity index (χ4n) is 1.45. The maximum Gasteiger partial charge on any atom is 0.326 e. The fraction of sp³-hybridized carbons (Fsp3) is 0.455. The number of hydrogen-bond acceptors (Lipinski definition) is 5. The number of nitrogens with zero attached hydrogens (tertiary/aromatic N) is 1. The van der Waals surface area contributed by atoms with Crippen LogP contribution >= 0.6 is 11.3 Å². The van der Waals surface area contributed by atoms with E-state index in [-0.39, 0.29) is 18.9 Å². The van der Waals surface area contributed by atoms with Crippen LogP contribution in [0.2, 0.25) is 0 Å². The van der Waals surface area contributed by atoms with Crippen molar-refractivity contribution in [2.75, 3.05) is 0 Å². The number of urea groups is 1. The second-order valence-corrected chi connectivity index (χ2v) is 5.03. The third kappa shape index (κ3) is 5.22. The number of carboxylic acid groups (broad SMARTS) is 1. The molecule has 0 bridgehead atoms. The number of rotatable bonds is 7. The number of carbonyl (C=O) groups excluding carboxylic acids is 2. The average molecular weight is 300 g/mol. The molecule has 2 atom stereocenters. The SMILES string of the molecule is CC(NC(=O)N[C@@H](CCC(N)=O)C(=O)O)c1nccs1. The van der Waals surface area contributed by atoms with E-state index >= 15 is 0 Å². The molecular formula is C11H16N4O4S. The highest BCUT2D eigenvalue weighted by atomic mass is 32.1. The van der Waals surface area contributed by atoms with E-state index in [4.69, 9.17) is 10.8 Å². The Bertz CT molecular complexity index is 477. The van der Waals surface area contributed by atoms with Crippen LogP contribution in [0.4, 0.5) is 4.79 Å². The number of hydrogen-bond donors (Lipinski definition) is 4. The van der Waals surface area contributed by atoms with Crippen LogP contribution in [0.1, 0.15) is 30.8 Å². The number of nitrogens with one attached hydrogen (secondary N) is 2. The molecule has 5 N–H and O–H groups in total. The summed E-state index contributed by atoms with van der Waals surface area (Å²) in [6.45, 7) is 1.73. The second kappa shape index (κ2) is 7.43. The lowest BCUT2D eigenvalue weighted by molar-refractivity contribution is -0.139. The molecule has 0 saturated heterocycles. The van der Waals surface area contributed by atoms with E-state index in [1.807, 2.05) is 0 Å². The summed E-state index contributed by atoms with van der Waals surface area (Å²) in [6, 6.07) is -2.13. The molecule has 9 heteroatoms. The van der Waals surface area contributed by atoms with Gasteiger partial charge >= 0.3 is 12.0 Å². The van der Waals surface area contributed by atoms with E-state index in [1.54, 1.807) is 18.5 Å². The number of aliphatic carboxylic acids is 1. The first kappa shape index (κ1) is 15.9. The Morgan fingerprint density at radius 2 is 2.15 bits per heavy atom. The number of carboxylic acids is 1. The van der Waals surface area contributed by atoms with Crippen molar-refractivity contribution < 1.29 is 19.5 Å². The highest BCUT2D eigenvalue weighted by molar-refractivity contribution is 7.09. The molecule has 1 aromatic rings. The maximum atomic E-state index is 11.7. The molecule has 1 rings (SSSR count). The van der Waals surface area contributed by atoms with Gasteiger partial charge < -0.3 is 21.5 Å². The number of carbonyl (C=O) groups is 3. The van der Waals surface area contributed by atoms with Crippen molar-refractivity contribution in [3.63, 3.8) is 0 Å². The van der Waals surface area contributed by atoms with E-state index in [1.165, 1.54) is 11.3 Å². The average Bonchev–Trinajstić information content (AvgIpc) is 2.87. The molecule has 0 fully saturated rings. The van der Waals surface area contributed by atoms with Gasteiger partial charge in [-0.25, -0.2) is 14.6 Å². The summed E-state index contributed by atoms with van der Waals surface area (Å²) in [5.74, 6) is -1.84. The summed E-state index contributed by atoms with van der Waals surface area (Å²) in [5, 5.41) is 16.3. The monoisotopic (exact) mass is 300 g/mol. The zero-order valence-corrected chi connectivity index (χ0v) is 11.6. The predicted molar refractivity (Wildman–Crippen MR) is 72.0 cm³/mol. The third-order valence-corrected chi connectivity index (χ3v) is 3.41. The van der Waals surface area contributed by atoms with Gasteiger partial charge in [0.2, 0.25) is 5.91 Å². The standard InChI is InChI=1S/C11H16N4O4S/c1-6(9-13-4-5-20-9)14-11(19)15-7(10(17)18)2-3-8(12)16/h4-7H,2-3H2,1H3,(H2,12,16)(H,17,18)(H2,14,15,19)/t6?,7-/m0/s1. The Balaban J connectivity index is 2.49. The first-order valence-corrected chi connectivity index (χ1v) is 6.75. The zero-order chi connectivity index (χ0) is 15.1. The van der Waals surface area contributed by atoms with E-state index < -0.39 is 23.9 Å². The first-order valence-electron chi connectivity index (χ1n) is 5.87. The first-order chi connectivity index (χ1) is 9.40. The molecule has 8 nitrogen and oxygen atoms in total. The molecule has 3 amide bonds. The molecular weight excluding hydrogens is 284 g/mol. The lowest BCUT2D eigenvalue weighted by Gasteiger charge is -2.16. The van der Waals surface area contributed by atoms with E-state index in [0.29, 0.717) is 5.01 Å². The van der Waals surface area contributed by atoms with Gasteiger partial charge in [-0.2, -0.15) is 0 Å². The number of primary amides is 1. The molecule has 0 spiro atoms. The van der Waals surface area contributed by atoms with Crippen molar-refractivity contribution in [1.82, 2.24) is 15.6 Å². The van der Waals surface area contributed by atoms with Gasteiger partial charge in [0.1, 0.15) is 11.0 Å². The van der Waals surface area contributed by atoms with Gasteiger partial charge in [0, 0.05) is 18.0 Å². The molecule has 1 heterocycles. The summed E-state index contributed by atoms with van der Waals surface area (Å²) in [7, 11) is 0. The van der Waals surface area contributed by atoms with E-state index in [0.717, 1.165) is 0 Å². The summed E-state index contributed by atoms with van der Waals surface area (Å²) >= 11 is 1.38. The van der Waals surface area contributed by atoms with Gasteiger partial charge in [0.15, 0.2) is 0 Å². The van der Waals surface area contributed by atoms with Crippen molar-refractivity contribution in [2.45, 2.75) is 31.8 Å². The van der Waals surface area contributed by atoms with Crippen LogP contribution in [-0.4, -0.2) is 34.0 Å². The minimum absolute atomic E-state index is 0.0519. The third-order valence-electron chi connectivity index (χ3n) is 2.45. The molecule has 1 aromatic heterocycles. The van der Waals surface area contributed by atoms with Crippen LogP contribution in [-0.2, 0) is 9.59 Å². The van der Waals surface area contributed by atoms with Crippen LogP contribution < -0.4 is 16.4 Å². The highest BCUT2D eigenvalue weighted by Gasteiger charge is 2.21. The van der Waals surface area contributed by atoms with E-state index in [2.05, 4.69) is 15.6 Å². The van der Waals surface area contributed by atoms with Crippen molar-refractivity contribution in [1.29, 1.82) is 0 Å². The number of thiazole rings is 1. The van der Waals surface area contributed by atoms with Crippen molar-refractivity contribution in [3.8, 4) is 0 Å². The summed E-state index contributed by atoms with van der Waals surface area (Å²) < 4.78 is 0. The Morgan fingerprint density at radius 1 is 1.45 bits per heavy atom. The van der Waals surface area contributed by atoms with Crippen molar-refractivity contribution >= 4 is 29.2 Å². The van der Waals surface area contributed by atoms with Gasteiger partial charge in [0.25, 0.3) is 0 Å². The van der Waals surface area contributed by atoms with Crippen LogP contribution in [0.25, 0.3) is 0 Å². The van der Waals surface area contributed by atoms with Gasteiger partial charge in [0.05, 0.1) is 6.04 Å². The smallest absolute Gasteiger partial charge is 0.326 e. The molecule has 0 aliphatic carbocycles. The molecule has 1 unspecified atom stereocenters. The Hall–Kier alpha value is -2.16. The highest BCUT2D eigenvalue weighted by Crippen LogP contribution is 2.14. The fourth-order valence-corrected chi connectivity index (χ4v) is 2.10. The number of aromatic nitrogens is 1. The van der Waals surface area contributed by atoms with Crippen molar-refractivity contribution in [3.05, 3.63) is 16.6 Å². The second-order valence-electron chi connectivity index (χ2n) is 4.11. The maximum absolute atomic E-state index is 11.7. The minimum Gasteiger partial charge on any atom is -0.480 e. The van der Waals surface area contributed by atoms with Gasteiger partial charge in [-0.05, 0) is 13.3 Å². The molecule has 0 saturated carbocycles. The summed E-state index contributed by atoms with van der Waals surface area (Å²) in [5.41, 5.74) is 4.95. The van der Waals surface area contributed by atoms with Crippen molar-refractivity contribution in [2.24, 2.45) is 5.73 Å². The van der Waals surface area contributed by atoms with Crippen LogP contribution in [0.3, 0.4) is 0 Å². The summed E-state index contributed by atoms with van der Waals surface area (Å²) in [4.78, 5) is 37.3. The molecule has 20 heavy (non-hydrogen) atoms. The zero-order valence-electron chi connectivity index (χ0n) is 10.8. The Kier molecular flexibility index (Phi) is 5.91. The molecule has 0 aliphatic heterocycles.